The molecule has 2 N–H and O–H groups in total. The number of rotatable bonds is 5. The number of sulfone groups is 1. The molecule has 1 atom stereocenters. The lowest BCUT2D eigenvalue weighted by molar-refractivity contribution is -0.121. The largest absolute Gasteiger partial charge is 0.352 e. The minimum atomic E-state index is -3.01. The van der Waals surface area contributed by atoms with Crippen molar-refractivity contribution in [3.8, 4) is 0 Å². The lowest BCUT2D eigenvalue weighted by Crippen LogP contribution is -2.47. The Morgan fingerprint density at radius 3 is 3.00 bits per heavy atom. The maximum absolute atomic E-state index is 11.9. The van der Waals surface area contributed by atoms with Gasteiger partial charge in [0.1, 0.15) is 0 Å². The van der Waals surface area contributed by atoms with Gasteiger partial charge in [-0.3, -0.25) is 9.48 Å². The number of carbonyl (C=O) groups excluding carboxylic acids is 1. The van der Waals surface area contributed by atoms with Crippen molar-refractivity contribution in [2.45, 2.75) is 32.4 Å². The van der Waals surface area contributed by atoms with Crippen molar-refractivity contribution in [2.75, 3.05) is 18.1 Å². The Hall–Kier alpha value is -1.41. The predicted octanol–water partition coefficient (Wildman–Crippen LogP) is -0.625. The van der Waals surface area contributed by atoms with Crippen LogP contribution in [0.1, 0.15) is 24.6 Å². The molecule has 7 nitrogen and oxygen atoms in total. The average Bonchev–Trinajstić information content (AvgIpc) is 2.75. The molecule has 1 aromatic heterocycles. The van der Waals surface area contributed by atoms with Crippen LogP contribution >= 0.6 is 0 Å². The van der Waals surface area contributed by atoms with Crippen LogP contribution in [0, 0.1) is 0 Å². The molecular weight excluding hydrogens is 292 g/mol. The van der Waals surface area contributed by atoms with Gasteiger partial charge in [-0.05, 0) is 6.42 Å². The van der Waals surface area contributed by atoms with Gasteiger partial charge < -0.3 is 10.6 Å². The average molecular weight is 314 g/mol. The van der Waals surface area contributed by atoms with Crippen molar-refractivity contribution < 1.29 is 13.2 Å². The number of aromatic nitrogens is 2. The zero-order chi connectivity index (χ0) is 15.5. The van der Waals surface area contributed by atoms with E-state index in [1.54, 1.807) is 4.68 Å². The third-order valence-electron chi connectivity index (χ3n) is 3.54. The van der Waals surface area contributed by atoms with Gasteiger partial charge >= 0.3 is 0 Å². The fourth-order valence-electron chi connectivity index (χ4n) is 2.52. The van der Waals surface area contributed by atoms with Crippen molar-refractivity contribution >= 4 is 15.7 Å². The number of hydrogen-bond acceptors (Lipinski definition) is 5. The van der Waals surface area contributed by atoms with E-state index in [1.165, 1.54) is 0 Å². The van der Waals surface area contributed by atoms with E-state index in [2.05, 4.69) is 15.7 Å². The second-order valence-electron chi connectivity index (χ2n) is 5.37. The Morgan fingerprint density at radius 1 is 1.57 bits per heavy atom. The van der Waals surface area contributed by atoms with Gasteiger partial charge in [0.25, 0.3) is 0 Å². The van der Waals surface area contributed by atoms with E-state index in [-0.39, 0.29) is 29.9 Å². The summed E-state index contributed by atoms with van der Waals surface area (Å²) in [6.45, 7) is 2.86. The van der Waals surface area contributed by atoms with E-state index < -0.39 is 9.84 Å². The molecule has 2 heterocycles. The number of hydrogen-bond donors (Lipinski definition) is 2. The quantitative estimate of drug-likeness (QED) is 0.755. The molecule has 1 amide bonds. The summed E-state index contributed by atoms with van der Waals surface area (Å²) in [6.07, 6.45) is 2.89. The zero-order valence-electron chi connectivity index (χ0n) is 12.4. The van der Waals surface area contributed by atoms with E-state index in [4.69, 9.17) is 0 Å². The number of nitrogens with zero attached hydrogens (tertiary/aromatic N) is 2. The van der Waals surface area contributed by atoms with Crippen LogP contribution in [-0.4, -0.2) is 48.2 Å². The van der Waals surface area contributed by atoms with Gasteiger partial charge in [-0.25, -0.2) is 8.42 Å². The highest BCUT2D eigenvalue weighted by Gasteiger charge is 2.25. The molecule has 118 valence electrons. The molecular formula is C13H22N4O3S. The van der Waals surface area contributed by atoms with Crippen molar-refractivity contribution in [3.63, 3.8) is 0 Å². The maximum Gasteiger partial charge on any atom is 0.221 e. The van der Waals surface area contributed by atoms with E-state index in [9.17, 15) is 13.2 Å². The summed E-state index contributed by atoms with van der Waals surface area (Å²) in [6, 6.07) is -0.289. The summed E-state index contributed by atoms with van der Waals surface area (Å²) in [7, 11) is -1.16. The highest BCUT2D eigenvalue weighted by atomic mass is 32.2. The second-order valence-corrected chi connectivity index (χ2v) is 7.60. The lowest BCUT2D eigenvalue weighted by atomic mass is 10.2. The third kappa shape index (κ3) is 4.53. The van der Waals surface area contributed by atoms with Gasteiger partial charge in [0.15, 0.2) is 9.84 Å². The van der Waals surface area contributed by atoms with Crippen molar-refractivity contribution in [2.24, 2.45) is 7.05 Å². The smallest absolute Gasteiger partial charge is 0.221 e. The van der Waals surface area contributed by atoms with Crippen LogP contribution in [0.3, 0.4) is 0 Å². The third-order valence-corrected chi connectivity index (χ3v) is 5.27. The molecule has 1 unspecified atom stereocenters. The molecule has 1 aromatic rings. The van der Waals surface area contributed by atoms with Gasteiger partial charge in [0, 0.05) is 44.4 Å². The fraction of sp³-hybridized carbons (Fsp3) is 0.692. The van der Waals surface area contributed by atoms with Crippen LogP contribution in [0.2, 0.25) is 0 Å². The first kappa shape index (κ1) is 16.0. The SMILES string of the molecule is CCc1nn(C)cc1CNC(=O)CC1CS(=O)(=O)CCN1. The van der Waals surface area contributed by atoms with Crippen LogP contribution < -0.4 is 10.6 Å². The summed E-state index contributed by atoms with van der Waals surface area (Å²) in [5.74, 6) is 0.0456. The lowest BCUT2D eigenvalue weighted by Gasteiger charge is -2.23. The molecule has 0 radical (unpaired) electrons. The summed E-state index contributed by atoms with van der Waals surface area (Å²) >= 11 is 0. The van der Waals surface area contributed by atoms with Crippen molar-refractivity contribution in [3.05, 3.63) is 17.5 Å². The summed E-state index contributed by atoms with van der Waals surface area (Å²) in [5, 5.41) is 10.2. The highest BCUT2D eigenvalue weighted by Crippen LogP contribution is 2.08. The molecule has 21 heavy (non-hydrogen) atoms. The van der Waals surface area contributed by atoms with Crippen LogP contribution in [0.25, 0.3) is 0 Å². The van der Waals surface area contributed by atoms with E-state index in [0.717, 1.165) is 17.7 Å². The first-order chi connectivity index (χ1) is 9.89. The van der Waals surface area contributed by atoms with E-state index in [1.807, 2.05) is 20.2 Å². The molecule has 1 fully saturated rings. The van der Waals surface area contributed by atoms with Crippen molar-refractivity contribution in [1.29, 1.82) is 0 Å². The van der Waals surface area contributed by atoms with Gasteiger partial charge in [0.2, 0.25) is 5.91 Å². The monoisotopic (exact) mass is 314 g/mol. The summed E-state index contributed by atoms with van der Waals surface area (Å²) in [5.41, 5.74) is 1.97. The topological polar surface area (TPSA) is 93.1 Å². The first-order valence-corrected chi connectivity index (χ1v) is 8.93. The van der Waals surface area contributed by atoms with E-state index in [0.29, 0.717) is 13.1 Å². The Morgan fingerprint density at radius 2 is 2.33 bits per heavy atom. The minimum absolute atomic E-state index is 0.0352. The molecule has 0 aromatic carbocycles. The first-order valence-electron chi connectivity index (χ1n) is 7.11. The van der Waals surface area contributed by atoms with Crippen LogP contribution in [-0.2, 0) is 34.6 Å². The molecule has 0 spiro atoms. The predicted molar refractivity (Wildman–Crippen MR) is 79.5 cm³/mol. The number of amides is 1. The van der Waals surface area contributed by atoms with Gasteiger partial charge in [-0.2, -0.15) is 5.10 Å². The molecule has 0 aliphatic carbocycles. The molecule has 1 saturated heterocycles. The zero-order valence-corrected chi connectivity index (χ0v) is 13.2. The Balaban J connectivity index is 1.84. The Kier molecular flexibility index (Phi) is 5.00. The Bertz CT molecular complexity index is 609. The summed E-state index contributed by atoms with van der Waals surface area (Å²) in [4.78, 5) is 11.9. The van der Waals surface area contributed by atoms with Crippen LogP contribution in [0.15, 0.2) is 6.20 Å². The Labute approximate surface area is 125 Å². The standard InChI is InChI=1S/C13H22N4O3S/c1-3-12-10(8-17(2)16-12)7-15-13(18)6-11-9-21(19,20)5-4-14-11/h8,11,14H,3-7,9H2,1-2H3,(H,15,18). The van der Waals surface area contributed by atoms with Crippen LogP contribution in [0.4, 0.5) is 0 Å². The maximum atomic E-state index is 11.9. The summed E-state index contributed by atoms with van der Waals surface area (Å²) < 4.78 is 24.8. The second kappa shape index (κ2) is 6.57. The molecule has 1 aliphatic rings. The fourth-order valence-corrected chi connectivity index (χ4v) is 3.96. The van der Waals surface area contributed by atoms with Crippen LogP contribution in [0.5, 0.6) is 0 Å². The molecule has 0 saturated carbocycles. The van der Waals surface area contributed by atoms with Crippen molar-refractivity contribution in [1.82, 2.24) is 20.4 Å². The van der Waals surface area contributed by atoms with E-state index >= 15 is 0 Å². The molecule has 2 rings (SSSR count). The van der Waals surface area contributed by atoms with Gasteiger partial charge in [-0.15, -0.1) is 0 Å². The molecule has 1 aliphatic heterocycles. The van der Waals surface area contributed by atoms with Gasteiger partial charge in [0.05, 0.1) is 17.2 Å². The van der Waals surface area contributed by atoms with Gasteiger partial charge in [-0.1, -0.05) is 6.92 Å². The normalized spacial score (nSPS) is 21.1. The number of carbonyl (C=O) groups is 1. The molecule has 8 heteroatoms. The number of nitrogens with one attached hydrogen (secondary N) is 2. The minimum Gasteiger partial charge on any atom is -0.352 e. The molecule has 0 bridgehead atoms. The highest BCUT2D eigenvalue weighted by molar-refractivity contribution is 7.91. The number of aryl methyl sites for hydroxylation is 2.